The molecule has 0 rings (SSSR count). The molecule has 1 unspecified atom stereocenters. The van der Waals surface area contributed by atoms with Crippen molar-refractivity contribution in [2.45, 2.75) is 329 Å². The normalized spacial score (nSPS) is 12.7. The fraction of sp³-hybridized carbons (Fsp3) is 0.736. The Hall–Kier alpha value is -3.67. The highest BCUT2D eigenvalue weighted by atomic mass is 16.6. The van der Waals surface area contributed by atoms with Crippen LogP contribution < -0.4 is 0 Å². The van der Waals surface area contributed by atoms with Crippen molar-refractivity contribution in [2.24, 2.45) is 0 Å². The van der Waals surface area contributed by atoms with Crippen LogP contribution in [-0.4, -0.2) is 37.2 Å². The van der Waals surface area contributed by atoms with Gasteiger partial charge in [-0.15, -0.1) is 0 Å². The van der Waals surface area contributed by atoms with Crippen molar-refractivity contribution in [1.82, 2.24) is 0 Å². The van der Waals surface area contributed by atoms with E-state index in [9.17, 15) is 14.4 Å². The van der Waals surface area contributed by atoms with Crippen molar-refractivity contribution in [3.05, 3.63) is 97.2 Å². The monoisotopic (exact) mass is 1080 g/mol. The Kier molecular flexibility index (Phi) is 62.7. The second-order valence-corrected chi connectivity index (χ2v) is 22.0. The Balaban J connectivity index is 4.35. The first-order valence-electron chi connectivity index (χ1n) is 33.2. The summed E-state index contributed by atoms with van der Waals surface area (Å²) < 4.78 is 16.9. The summed E-state index contributed by atoms with van der Waals surface area (Å²) in [6.45, 7) is 6.54. The average Bonchev–Trinajstić information content (AvgIpc) is 3.44. The molecule has 0 saturated carbocycles. The Labute approximate surface area is 483 Å². The molecule has 6 nitrogen and oxygen atoms in total. The predicted octanol–water partition coefficient (Wildman–Crippen LogP) is 22.8. The minimum absolute atomic E-state index is 0.0811. The highest BCUT2D eigenvalue weighted by Crippen LogP contribution is 2.17. The zero-order chi connectivity index (χ0) is 56.4. The summed E-state index contributed by atoms with van der Waals surface area (Å²) in [4.78, 5) is 38.3. The van der Waals surface area contributed by atoms with Crippen LogP contribution in [0.25, 0.3) is 0 Å². The fourth-order valence-electron chi connectivity index (χ4n) is 9.40. The first kappa shape index (κ1) is 74.3. The van der Waals surface area contributed by atoms with Crippen LogP contribution >= 0.6 is 0 Å². The van der Waals surface area contributed by atoms with Crippen molar-refractivity contribution < 1.29 is 28.6 Å². The molecule has 0 aromatic heterocycles. The molecule has 0 aromatic rings. The Morgan fingerprint density at radius 2 is 0.500 bits per heavy atom. The molecule has 0 aromatic carbocycles. The summed E-state index contributed by atoms with van der Waals surface area (Å²) in [6, 6.07) is 0. The Morgan fingerprint density at radius 3 is 0.782 bits per heavy atom. The van der Waals surface area contributed by atoms with Gasteiger partial charge in [-0.2, -0.15) is 0 Å². The second kappa shape index (κ2) is 65.8. The van der Waals surface area contributed by atoms with Crippen molar-refractivity contribution in [3.8, 4) is 0 Å². The van der Waals surface area contributed by atoms with E-state index in [4.69, 9.17) is 14.2 Å². The fourth-order valence-corrected chi connectivity index (χ4v) is 9.40. The molecule has 0 radical (unpaired) electrons. The van der Waals surface area contributed by atoms with Crippen molar-refractivity contribution >= 4 is 17.9 Å². The standard InChI is InChI=1S/C72H124O6/c1-4-7-10-13-16-19-22-25-27-29-31-32-33-34-35-36-37-38-39-40-41-43-44-47-50-53-56-59-62-65-71(74)77-68-69(67-76-70(73)64-61-58-55-52-49-46-24-21-18-15-12-9-6-3)78-72(75)66-63-60-57-54-51-48-45-42-30-28-26-23-20-17-14-11-8-5-2/h7,10,16,19,25,27,31-32,34-35,37-38,40-41,44,47,69H,4-6,8-9,11-15,17-18,20-24,26,28-30,33,36,39,42-43,45-46,48-68H2,1-3H3/b10-7-,19-16-,27-25-,32-31-,35-34-,38-37-,41-40-,47-44-. The number of carbonyl (C=O) groups excluding carboxylic acids is 3. The quantitative estimate of drug-likeness (QED) is 0.0261. The number of ether oxygens (including phenoxy) is 3. The number of carbonyl (C=O) groups is 3. The third-order valence-corrected chi connectivity index (χ3v) is 14.4. The maximum atomic E-state index is 12.9. The van der Waals surface area contributed by atoms with E-state index >= 15 is 0 Å². The minimum Gasteiger partial charge on any atom is -0.462 e. The lowest BCUT2D eigenvalue weighted by Gasteiger charge is -2.18. The molecular weight excluding hydrogens is 961 g/mol. The zero-order valence-electron chi connectivity index (χ0n) is 51.4. The lowest BCUT2D eigenvalue weighted by Crippen LogP contribution is -2.30. The van der Waals surface area contributed by atoms with Gasteiger partial charge in [-0.05, 0) is 83.5 Å². The van der Waals surface area contributed by atoms with Crippen LogP contribution in [0.1, 0.15) is 323 Å². The number of allylic oxidation sites excluding steroid dienone is 16. The van der Waals surface area contributed by atoms with Gasteiger partial charge in [0, 0.05) is 19.3 Å². The number of esters is 3. The van der Waals surface area contributed by atoms with E-state index in [0.717, 1.165) is 122 Å². The molecule has 1 atom stereocenters. The van der Waals surface area contributed by atoms with Gasteiger partial charge in [-0.25, -0.2) is 0 Å². The number of unbranched alkanes of at least 4 members (excludes halogenated alkanes) is 33. The van der Waals surface area contributed by atoms with Crippen LogP contribution in [0.4, 0.5) is 0 Å². The maximum Gasteiger partial charge on any atom is 0.306 e. The van der Waals surface area contributed by atoms with Crippen LogP contribution in [0.2, 0.25) is 0 Å². The Morgan fingerprint density at radius 1 is 0.269 bits per heavy atom. The van der Waals surface area contributed by atoms with Crippen LogP contribution in [-0.2, 0) is 28.6 Å². The molecule has 0 aliphatic heterocycles. The molecule has 0 aliphatic carbocycles. The lowest BCUT2D eigenvalue weighted by atomic mass is 10.0. The molecule has 6 heteroatoms. The molecule has 0 aliphatic rings. The van der Waals surface area contributed by atoms with Crippen LogP contribution in [0.3, 0.4) is 0 Å². The van der Waals surface area contributed by atoms with Gasteiger partial charge < -0.3 is 14.2 Å². The van der Waals surface area contributed by atoms with Gasteiger partial charge in [0.25, 0.3) is 0 Å². The summed E-state index contributed by atoms with van der Waals surface area (Å²) >= 11 is 0. The molecule has 0 spiro atoms. The van der Waals surface area contributed by atoms with E-state index < -0.39 is 6.10 Å². The van der Waals surface area contributed by atoms with E-state index in [1.165, 1.54) is 161 Å². The summed E-state index contributed by atoms with van der Waals surface area (Å²) in [6.07, 6.45) is 88.4. The smallest absolute Gasteiger partial charge is 0.306 e. The van der Waals surface area contributed by atoms with E-state index in [0.29, 0.717) is 19.3 Å². The number of rotatable bonds is 60. The van der Waals surface area contributed by atoms with Crippen molar-refractivity contribution in [2.75, 3.05) is 13.2 Å². The van der Waals surface area contributed by atoms with Gasteiger partial charge in [-0.3, -0.25) is 14.4 Å². The van der Waals surface area contributed by atoms with Crippen molar-refractivity contribution in [3.63, 3.8) is 0 Å². The van der Waals surface area contributed by atoms with Gasteiger partial charge in [0.1, 0.15) is 13.2 Å². The first-order valence-corrected chi connectivity index (χ1v) is 33.2. The average molecular weight is 1090 g/mol. The van der Waals surface area contributed by atoms with E-state index in [1.807, 2.05) is 0 Å². The summed E-state index contributed by atoms with van der Waals surface area (Å²) in [5.41, 5.74) is 0. The summed E-state index contributed by atoms with van der Waals surface area (Å²) in [5, 5.41) is 0. The molecule has 448 valence electrons. The Bertz CT molecular complexity index is 1530. The van der Waals surface area contributed by atoms with E-state index in [1.54, 1.807) is 0 Å². The van der Waals surface area contributed by atoms with Gasteiger partial charge in [0.15, 0.2) is 6.10 Å². The largest absolute Gasteiger partial charge is 0.462 e. The third-order valence-electron chi connectivity index (χ3n) is 14.4. The predicted molar refractivity (Wildman–Crippen MR) is 339 cm³/mol. The minimum atomic E-state index is -0.786. The van der Waals surface area contributed by atoms with E-state index in [2.05, 4.69) is 118 Å². The molecular formula is C72H124O6. The van der Waals surface area contributed by atoms with Crippen LogP contribution in [0.15, 0.2) is 97.2 Å². The molecule has 78 heavy (non-hydrogen) atoms. The van der Waals surface area contributed by atoms with Gasteiger partial charge in [0.05, 0.1) is 0 Å². The summed E-state index contributed by atoms with van der Waals surface area (Å²) in [5.74, 6) is -0.892. The molecule has 0 saturated heterocycles. The molecule has 0 heterocycles. The number of hydrogen-bond acceptors (Lipinski definition) is 6. The highest BCUT2D eigenvalue weighted by molar-refractivity contribution is 5.71. The van der Waals surface area contributed by atoms with Gasteiger partial charge in [0.2, 0.25) is 0 Å². The molecule has 0 bridgehead atoms. The van der Waals surface area contributed by atoms with Crippen LogP contribution in [0.5, 0.6) is 0 Å². The topological polar surface area (TPSA) is 78.9 Å². The second-order valence-electron chi connectivity index (χ2n) is 22.0. The maximum absolute atomic E-state index is 12.9. The lowest BCUT2D eigenvalue weighted by molar-refractivity contribution is -0.167. The van der Waals surface area contributed by atoms with Gasteiger partial charge in [-0.1, -0.05) is 317 Å². The summed E-state index contributed by atoms with van der Waals surface area (Å²) in [7, 11) is 0. The van der Waals surface area contributed by atoms with Crippen LogP contribution in [0, 0.1) is 0 Å². The van der Waals surface area contributed by atoms with Gasteiger partial charge >= 0.3 is 17.9 Å². The number of hydrogen-bond donors (Lipinski definition) is 0. The SMILES string of the molecule is CC/C=C\C/C=C\C/C=C\C/C=C\C/C=C\C/C=C\C/C=C\C/C=C\CCCCCCC(=O)OCC(COC(=O)CCCCCCCCCCCCCCC)OC(=O)CCCCCCCCCCCCCCCCCCCC. The highest BCUT2D eigenvalue weighted by Gasteiger charge is 2.19. The first-order chi connectivity index (χ1) is 38.5. The molecule has 0 N–H and O–H groups in total. The van der Waals surface area contributed by atoms with Crippen molar-refractivity contribution in [1.29, 1.82) is 0 Å². The third kappa shape index (κ3) is 63.2. The molecule has 0 fully saturated rings. The van der Waals surface area contributed by atoms with E-state index in [-0.39, 0.29) is 31.1 Å². The molecule has 0 amide bonds. The zero-order valence-corrected chi connectivity index (χ0v) is 51.4.